The number of hydrogen-bond donors (Lipinski definition) is 0. The molecule has 11 rings (SSSR count). The van der Waals surface area contributed by atoms with E-state index < -0.39 is 0 Å². The van der Waals surface area contributed by atoms with Crippen molar-refractivity contribution in [2.24, 2.45) is 0 Å². The third-order valence-corrected chi connectivity index (χ3v) is 13.0. The van der Waals surface area contributed by atoms with Gasteiger partial charge in [0.05, 0.1) is 16.6 Å². The molecule has 0 fully saturated rings. The third kappa shape index (κ3) is 5.90. The van der Waals surface area contributed by atoms with E-state index in [1.807, 2.05) is 0 Å². The summed E-state index contributed by atoms with van der Waals surface area (Å²) in [6.07, 6.45) is 5.73. The lowest BCUT2D eigenvalue weighted by molar-refractivity contribution is 0.589. The van der Waals surface area contributed by atoms with Gasteiger partial charge in [-0.2, -0.15) is 0 Å². The second-order valence-electron chi connectivity index (χ2n) is 15.6. The predicted molar refractivity (Wildman–Crippen MR) is 246 cm³/mol. The zero-order valence-corrected chi connectivity index (χ0v) is 33.0. The molecule has 0 radical (unpaired) electrons. The van der Waals surface area contributed by atoms with Crippen molar-refractivity contribution in [1.29, 1.82) is 0 Å². The van der Waals surface area contributed by atoms with Crippen molar-refractivity contribution in [3.05, 3.63) is 223 Å². The molecule has 1 atom stereocenters. The first-order valence-electron chi connectivity index (χ1n) is 20.0. The fourth-order valence-electron chi connectivity index (χ4n) is 9.06. The number of hydrogen-bond acceptors (Lipinski definition) is 1. The van der Waals surface area contributed by atoms with E-state index in [-0.39, 0.29) is 5.41 Å². The topological polar surface area (TPSA) is 9.86 Å². The number of fused-ring (bicyclic) bond motifs is 6. The Balaban J connectivity index is 0.915. The number of aromatic nitrogens is 2. The SMILES string of the molecule is CC1(c2ccc3c(c2)c2ccccc2n3-c2ccc(-c3cccc(-c4ccc(Sc5ccccc5)cc4)c3)cc2)C=Cc2c(c3ccccc3n2-c2ccccc2)C1. The van der Waals surface area contributed by atoms with Crippen molar-refractivity contribution in [2.45, 2.75) is 28.6 Å². The lowest BCUT2D eigenvalue weighted by Gasteiger charge is -2.30. The fraction of sp³-hybridized carbons (Fsp3) is 0.0545. The number of nitrogens with zero attached hydrogens (tertiary/aromatic N) is 2. The Labute approximate surface area is 343 Å². The van der Waals surface area contributed by atoms with Crippen LogP contribution in [0.2, 0.25) is 0 Å². The van der Waals surface area contributed by atoms with E-state index in [1.54, 1.807) is 11.8 Å². The summed E-state index contributed by atoms with van der Waals surface area (Å²) < 4.78 is 4.85. The highest BCUT2D eigenvalue weighted by atomic mass is 32.2. The quantitative estimate of drug-likeness (QED) is 0.157. The van der Waals surface area contributed by atoms with E-state index in [0.717, 1.165) is 12.1 Å². The molecule has 3 heteroatoms. The standard InChI is InChI=1S/C55H40N2S/c1-55(34-33-54-50(37-55)48-20-9-11-22-52(48)56(54)43-15-4-2-5-16-43)42-27-32-53-49(36-42)47-19-8-10-21-51(47)57(53)44-28-23-38(24-29-44)40-13-12-14-41(35-40)39-25-30-46(31-26-39)58-45-17-6-3-7-18-45/h2-36H,37H2,1H3. The molecule has 0 saturated heterocycles. The zero-order chi connectivity index (χ0) is 38.6. The van der Waals surface area contributed by atoms with Gasteiger partial charge in [0, 0.05) is 48.4 Å². The van der Waals surface area contributed by atoms with Crippen molar-refractivity contribution < 1.29 is 0 Å². The first-order valence-corrected chi connectivity index (χ1v) is 20.9. The van der Waals surface area contributed by atoms with Gasteiger partial charge in [0.1, 0.15) is 0 Å². The summed E-state index contributed by atoms with van der Waals surface area (Å²) in [6.45, 7) is 2.40. The largest absolute Gasteiger partial charge is 0.310 e. The van der Waals surface area contributed by atoms with Gasteiger partial charge in [-0.25, -0.2) is 0 Å². The molecular weight excluding hydrogens is 721 g/mol. The number of benzene rings is 8. The lowest BCUT2D eigenvalue weighted by atomic mass is 9.73. The number of rotatable bonds is 7. The molecule has 2 heterocycles. The third-order valence-electron chi connectivity index (χ3n) is 12.0. The molecule has 276 valence electrons. The van der Waals surface area contributed by atoms with Crippen molar-refractivity contribution in [1.82, 2.24) is 9.13 Å². The van der Waals surface area contributed by atoms with E-state index in [9.17, 15) is 0 Å². The molecule has 0 amide bonds. The number of allylic oxidation sites excluding steroid dienone is 1. The van der Waals surface area contributed by atoms with E-state index in [1.165, 1.54) is 87.3 Å². The van der Waals surface area contributed by atoms with Gasteiger partial charge in [-0.15, -0.1) is 0 Å². The van der Waals surface area contributed by atoms with Crippen LogP contribution in [0.3, 0.4) is 0 Å². The van der Waals surface area contributed by atoms with Crippen LogP contribution >= 0.6 is 11.8 Å². The Hall–Kier alpha value is -6.81. The van der Waals surface area contributed by atoms with E-state index in [0.29, 0.717) is 0 Å². The average Bonchev–Trinajstić information content (AvgIpc) is 3.79. The van der Waals surface area contributed by atoms with Crippen LogP contribution in [0.15, 0.2) is 216 Å². The lowest BCUT2D eigenvalue weighted by Crippen LogP contribution is -2.25. The Bertz CT molecular complexity index is 3150. The molecule has 0 bridgehead atoms. The normalized spacial score (nSPS) is 15.0. The average molecular weight is 761 g/mol. The molecule has 10 aromatic rings. The van der Waals surface area contributed by atoms with Crippen molar-refractivity contribution in [3.63, 3.8) is 0 Å². The van der Waals surface area contributed by atoms with Crippen LogP contribution in [0.1, 0.15) is 23.7 Å². The summed E-state index contributed by atoms with van der Waals surface area (Å²) in [7, 11) is 0. The summed E-state index contributed by atoms with van der Waals surface area (Å²) >= 11 is 1.79. The molecular formula is C55H40N2S. The van der Waals surface area contributed by atoms with Crippen LogP contribution in [0.5, 0.6) is 0 Å². The van der Waals surface area contributed by atoms with Crippen molar-refractivity contribution >= 4 is 50.5 Å². The van der Waals surface area contributed by atoms with Crippen molar-refractivity contribution in [2.75, 3.05) is 0 Å². The summed E-state index contributed by atoms with van der Waals surface area (Å²) in [6, 6.07) is 73.0. The first kappa shape index (κ1) is 34.4. The molecule has 0 N–H and O–H groups in total. The van der Waals surface area contributed by atoms with Gasteiger partial charge in [0.2, 0.25) is 0 Å². The van der Waals surface area contributed by atoms with Gasteiger partial charge in [-0.05, 0) is 125 Å². The van der Waals surface area contributed by atoms with Gasteiger partial charge in [-0.1, -0.05) is 146 Å². The van der Waals surface area contributed by atoms with Crippen LogP contribution in [0.4, 0.5) is 0 Å². The van der Waals surface area contributed by atoms with Crippen LogP contribution in [-0.4, -0.2) is 9.13 Å². The summed E-state index contributed by atoms with van der Waals surface area (Å²) in [5.41, 5.74) is 14.8. The monoisotopic (exact) mass is 760 g/mol. The molecule has 2 nitrogen and oxygen atoms in total. The minimum atomic E-state index is -0.157. The first-order chi connectivity index (χ1) is 28.6. The van der Waals surface area contributed by atoms with Crippen molar-refractivity contribution in [3.8, 4) is 33.6 Å². The van der Waals surface area contributed by atoms with Gasteiger partial charge in [-0.3, -0.25) is 0 Å². The minimum Gasteiger partial charge on any atom is -0.310 e. The highest BCUT2D eigenvalue weighted by molar-refractivity contribution is 7.99. The Morgan fingerprint density at radius 3 is 1.72 bits per heavy atom. The molecule has 0 saturated carbocycles. The molecule has 2 aromatic heterocycles. The highest BCUT2D eigenvalue weighted by Gasteiger charge is 2.32. The van der Waals surface area contributed by atoms with E-state index in [4.69, 9.17) is 0 Å². The Morgan fingerprint density at radius 2 is 1.00 bits per heavy atom. The van der Waals surface area contributed by atoms with Crippen LogP contribution < -0.4 is 0 Å². The number of para-hydroxylation sites is 3. The van der Waals surface area contributed by atoms with E-state index >= 15 is 0 Å². The van der Waals surface area contributed by atoms with E-state index in [2.05, 4.69) is 228 Å². The molecule has 1 unspecified atom stereocenters. The summed E-state index contributed by atoms with van der Waals surface area (Å²) in [5, 5.41) is 3.89. The second-order valence-corrected chi connectivity index (χ2v) is 16.8. The highest BCUT2D eigenvalue weighted by Crippen LogP contribution is 2.43. The molecule has 0 spiro atoms. The van der Waals surface area contributed by atoms with Gasteiger partial charge in [0.25, 0.3) is 0 Å². The van der Waals surface area contributed by atoms with Gasteiger partial charge in [0.15, 0.2) is 0 Å². The van der Waals surface area contributed by atoms with Crippen LogP contribution in [-0.2, 0) is 11.8 Å². The summed E-state index contributed by atoms with van der Waals surface area (Å²) in [5.74, 6) is 0. The fourth-order valence-corrected chi connectivity index (χ4v) is 9.90. The molecule has 1 aliphatic carbocycles. The maximum Gasteiger partial charge on any atom is 0.0541 e. The van der Waals surface area contributed by atoms with Crippen LogP contribution in [0, 0.1) is 0 Å². The van der Waals surface area contributed by atoms with Crippen LogP contribution in [0.25, 0.3) is 72.4 Å². The smallest absolute Gasteiger partial charge is 0.0541 e. The molecule has 58 heavy (non-hydrogen) atoms. The Kier molecular flexibility index (Phi) is 8.30. The van der Waals surface area contributed by atoms with Gasteiger partial charge < -0.3 is 9.13 Å². The maximum absolute atomic E-state index is 2.45. The maximum atomic E-state index is 2.45. The zero-order valence-electron chi connectivity index (χ0n) is 32.2. The predicted octanol–water partition coefficient (Wildman–Crippen LogP) is 14.7. The summed E-state index contributed by atoms with van der Waals surface area (Å²) in [4.78, 5) is 2.49. The molecule has 0 aliphatic heterocycles. The van der Waals surface area contributed by atoms with Gasteiger partial charge >= 0.3 is 0 Å². The Morgan fingerprint density at radius 1 is 0.431 bits per heavy atom. The second kappa shape index (κ2) is 14.0. The molecule has 1 aliphatic rings. The molecule has 8 aromatic carbocycles. The minimum absolute atomic E-state index is 0.157.